The first-order valence-electron chi connectivity index (χ1n) is 8.28. The summed E-state index contributed by atoms with van der Waals surface area (Å²) in [7, 11) is 0. The summed E-state index contributed by atoms with van der Waals surface area (Å²) in [6.07, 6.45) is 3.42. The lowest BCUT2D eigenvalue weighted by molar-refractivity contribution is -0.00545. The molecule has 1 fully saturated rings. The van der Waals surface area contributed by atoms with Crippen LogP contribution in [0.4, 0.5) is 11.5 Å². The summed E-state index contributed by atoms with van der Waals surface area (Å²) in [5, 5.41) is 11.8. The Kier molecular flexibility index (Phi) is 5.25. The molecule has 25 heavy (non-hydrogen) atoms. The van der Waals surface area contributed by atoms with Crippen LogP contribution in [0.25, 0.3) is 0 Å². The van der Waals surface area contributed by atoms with Gasteiger partial charge in [0, 0.05) is 19.3 Å². The molecule has 2 aromatic heterocycles. The van der Waals surface area contributed by atoms with Crippen molar-refractivity contribution in [3.8, 4) is 0 Å². The van der Waals surface area contributed by atoms with E-state index in [1.54, 1.807) is 18.3 Å². The maximum absolute atomic E-state index is 12.2. The van der Waals surface area contributed by atoms with E-state index in [4.69, 9.17) is 9.84 Å². The molecule has 7 nitrogen and oxygen atoms in total. The standard InChI is InChI=1S/C18H22N4O3/c1-12-9-22(10-13(2)25-12)17-6-5-15(8-20-17)21-18(24)14-3-4-16(11-23)19-7-14/h3-8,12-13,23H,9-11H2,1-2H3,(H,21,24). The van der Waals surface area contributed by atoms with Gasteiger partial charge in [-0.05, 0) is 38.1 Å². The van der Waals surface area contributed by atoms with E-state index in [-0.39, 0.29) is 24.7 Å². The first-order chi connectivity index (χ1) is 12.0. The molecule has 0 bridgehead atoms. The number of pyridine rings is 2. The molecule has 2 aromatic rings. The first kappa shape index (κ1) is 17.3. The average molecular weight is 342 g/mol. The quantitative estimate of drug-likeness (QED) is 0.881. The number of anilines is 2. The van der Waals surface area contributed by atoms with E-state index in [9.17, 15) is 4.79 Å². The Morgan fingerprint density at radius 2 is 1.96 bits per heavy atom. The molecule has 1 amide bonds. The van der Waals surface area contributed by atoms with E-state index in [0.29, 0.717) is 16.9 Å². The maximum atomic E-state index is 12.2. The molecule has 0 saturated carbocycles. The van der Waals surface area contributed by atoms with Gasteiger partial charge in [-0.1, -0.05) is 0 Å². The summed E-state index contributed by atoms with van der Waals surface area (Å²) in [5.41, 5.74) is 1.57. The highest BCUT2D eigenvalue weighted by Gasteiger charge is 2.23. The molecule has 132 valence electrons. The predicted octanol–water partition coefficient (Wildman–Crippen LogP) is 1.83. The Balaban J connectivity index is 1.64. The molecule has 0 aromatic carbocycles. The number of ether oxygens (including phenoxy) is 1. The van der Waals surface area contributed by atoms with Gasteiger partial charge in [-0.3, -0.25) is 9.78 Å². The van der Waals surface area contributed by atoms with Crippen LogP contribution in [0.1, 0.15) is 29.9 Å². The zero-order chi connectivity index (χ0) is 17.8. The fraction of sp³-hybridized carbons (Fsp3) is 0.389. The van der Waals surface area contributed by atoms with Crippen LogP contribution in [0.2, 0.25) is 0 Å². The lowest BCUT2D eigenvalue weighted by Gasteiger charge is -2.36. The number of hydrogen-bond donors (Lipinski definition) is 2. The zero-order valence-corrected chi connectivity index (χ0v) is 14.3. The summed E-state index contributed by atoms with van der Waals surface area (Å²) in [6.45, 7) is 5.55. The highest BCUT2D eigenvalue weighted by Crippen LogP contribution is 2.20. The van der Waals surface area contributed by atoms with Crippen LogP contribution in [-0.2, 0) is 11.3 Å². The van der Waals surface area contributed by atoms with Crippen LogP contribution in [-0.4, -0.2) is 46.3 Å². The second kappa shape index (κ2) is 7.58. The van der Waals surface area contributed by atoms with Gasteiger partial charge < -0.3 is 20.1 Å². The predicted molar refractivity (Wildman–Crippen MR) is 94.6 cm³/mol. The third-order valence-electron chi connectivity index (χ3n) is 4.00. The Morgan fingerprint density at radius 3 is 2.52 bits per heavy atom. The summed E-state index contributed by atoms with van der Waals surface area (Å²) in [6, 6.07) is 6.98. The summed E-state index contributed by atoms with van der Waals surface area (Å²) in [5.74, 6) is 0.606. The minimum atomic E-state index is -0.264. The topological polar surface area (TPSA) is 87.6 Å². The lowest BCUT2D eigenvalue weighted by Crippen LogP contribution is -2.45. The molecular formula is C18H22N4O3. The van der Waals surface area contributed by atoms with E-state index < -0.39 is 0 Å². The van der Waals surface area contributed by atoms with Crippen molar-refractivity contribution in [2.75, 3.05) is 23.3 Å². The summed E-state index contributed by atoms with van der Waals surface area (Å²) >= 11 is 0. The highest BCUT2D eigenvalue weighted by atomic mass is 16.5. The molecule has 2 N–H and O–H groups in total. The van der Waals surface area contributed by atoms with Crippen molar-refractivity contribution in [3.05, 3.63) is 47.9 Å². The fourth-order valence-corrected chi connectivity index (χ4v) is 2.87. The molecule has 2 unspecified atom stereocenters. The summed E-state index contributed by atoms with van der Waals surface area (Å²) < 4.78 is 5.73. The Labute approximate surface area is 146 Å². The molecule has 3 heterocycles. The average Bonchev–Trinajstić information content (AvgIpc) is 2.61. The normalized spacial score (nSPS) is 20.4. The number of aliphatic hydroxyl groups excluding tert-OH is 1. The van der Waals surface area contributed by atoms with Gasteiger partial charge in [0.05, 0.1) is 42.0 Å². The lowest BCUT2D eigenvalue weighted by atomic mass is 10.2. The number of carbonyl (C=O) groups excluding carboxylic acids is 1. The van der Waals surface area contributed by atoms with Crippen LogP contribution in [0.15, 0.2) is 36.7 Å². The maximum Gasteiger partial charge on any atom is 0.257 e. The smallest absolute Gasteiger partial charge is 0.257 e. The molecule has 0 radical (unpaired) electrons. The molecule has 1 aliphatic heterocycles. The van der Waals surface area contributed by atoms with Gasteiger partial charge >= 0.3 is 0 Å². The second-order valence-electron chi connectivity index (χ2n) is 6.22. The van der Waals surface area contributed by atoms with Crippen molar-refractivity contribution >= 4 is 17.4 Å². The van der Waals surface area contributed by atoms with Crippen LogP contribution >= 0.6 is 0 Å². The molecule has 0 spiro atoms. The van der Waals surface area contributed by atoms with Crippen LogP contribution < -0.4 is 10.2 Å². The third kappa shape index (κ3) is 4.32. The number of rotatable bonds is 4. The molecule has 3 rings (SSSR count). The van der Waals surface area contributed by atoms with Gasteiger partial charge in [0.15, 0.2) is 0 Å². The van der Waals surface area contributed by atoms with E-state index in [1.807, 2.05) is 26.0 Å². The van der Waals surface area contributed by atoms with Crippen LogP contribution in [0.5, 0.6) is 0 Å². The summed E-state index contributed by atoms with van der Waals surface area (Å²) in [4.78, 5) is 22.9. The van der Waals surface area contributed by atoms with E-state index >= 15 is 0 Å². The monoisotopic (exact) mass is 342 g/mol. The number of nitrogens with zero attached hydrogens (tertiary/aromatic N) is 3. The number of carbonyl (C=O) groups is 1. The first-order valence-corrected chi connectivity index (χ1v) is 8.28. The second-order valence-corrected chi connectivity index (χ2v) is 6.22. The Morgan fingerprint density at radius 1 is 1.20 bits per heavy atom. The Bertz CT molecular complexity index is 708. The van der Waals surface area contributed by atoms with Crippen molar-refractivity contribution < 1.29 is 14.6 Å². The fourth-order valence-electron chi connectivity index (χ4n) is 2.87. The highest BCUT2D eigenvalue weighted by molar-refractivity contribution is 6.03. The van der Waals surface area contributed by atoms with Crippen molar-refractivity contribution in [1.82, 2.24) is 9.97 Å². The number of amides is 1. The van der Waals surface area contributed by atoms with Gasteiger partial charge in [-0.25, -0.2) is 4.98 Å². The largest absolute Gasteiger partial charge is 0.390 e. The van der Waals surface area contributed by atoms with Gasteiger partial charge in [0.1, 0.15) is 5.82 Å². The molecule has 2 atom stereocenters. The van der Waals surface area contributed by atoms with Crippen molar-refractivity contribution in [1.29, 1.82) is 0 Å². The van der Waals surface area contributed by atoms with Crippen molar-refractivity contribution in [2.45, 2.75) is 32.7 Å². The Hall–Kier alpha value is -2.51. The number of morpholine rings is 1. The minimum Gasteiger partial charge on any atom is -0.390 e. The van der Waals surface area contributed by atoms with Crippen LogP contribution in [0, 0.1) is 0 Å². The number of nitrogens with one attached hydrogen (secondary N) is 1. The SMILES string of the molecule is CC1CN(c2ccc(NC(=O)c3ccc(CO)nc3)cn2)CC(C)O1. The van der Waals surface area contributed by atoms with E-state index in [2.05, 4.69) is 20.2 Å². The molecule has 1 aliphatic rings. The molecule has 0 aliphatic carbocycles. The minimum absolute atomic E-state index is 0.147. The van der Waals surface area contributed by atoms with E-state index in [0.717, 1.165) is 18.9 Å². The van der Waals surface area contributed by atoms with Gasteiger partial charge in [-0.2, -0.15) is 0 Å². The van der Waals surface area contributed by atoms with E-state index in [1.165, 1.54) is 6.20 Å². The van der Waals surface area contributed by atoms with Gasteiger partial charge in [-0.15, -0.1) is 0 Å². The number of hydrogen-bond acceptors (Lipinski definition) is 6. The van der Waals surface area contributed by atoms with Crippen LogP contribution in [0.3, 0.4) is 0 Å². The van der Waals surface area contributed by atoms with Crippen molar-refractivity contribution in [2.24, 2.45) is 0 Å². The number of aliphatic hydroxyl groups is 1. The van der Waals surface area contributed by atoms with Gasteiger partial charge in [0.2, 0.25) is 0 Å². The molecule has 7 heteroatoms. The number of aromatic nitrogens is 2. The molecular weight excluding hydrogens is 320 g/mol. The third-order valence-corrected chi connectivity index (χ3v) is 4.00. The van der Waals surface area contributed by atoms with Crippen molar-refractivity contribution in [3.63, 3.8) is 0 Å². The van der Waals surface area contributed by atoms with Gasteiger partial charge in [0.25, 0.3) is 5.91 Å². The zero-order valence-electron chi connectivity index (χ0n) is 14.3. The molecule has 1 saturated heterocycles.